The standard InChI is InChI=1S/C11H13ClN2OS/c1-2-3-14-6-8(5-13-14)11(15)10-4-9(12)7-16-10/h4-7,11,15H,2-3H2,1H3. The smallest absolute Gasteiger partial charge is 0.116 e. The number of hydrogen-bond acceptors (Lipinski definition) is 3. The minimum Gasteiger partial charge on any atom is -0.383 e. The third-order valence-electron chi connectivity index (χ3n) is 2.28. The maximum absolute atomic E-state index is 10.1. The van der Waals surface area contributed by atoms with Gasteiger partial charge in [0.1, 0.15) is 6.10 Å². The van der Waals surface area contributed by atoms with Crippen molar-refractivity contribution >= 4 is 22.9 Å². The van der Waals surface area contributed by atoms with E-state index in [1.165, 1.54) is 11.3 Å². The molecule has 0 aliphatic carbocycles. The third-order valence-corrected chi connectivity index (χ3v) is 3.61. The molecule has 2 aromatic rings. The maximum atomic E-state index is 10.1. The number of aliphatic hydroxyl groups excluding tert-OH is 1. The summed E-state index contributed by atoms with van der Waals surface area (Å²) in [4.78, 5) is 0.848. The van der Waals surface area contributed by atoms with Crippen LogP contribution in [0.3, 0.4) is 0 Å². The predicted molar refractivity (Wildman–Crippen MR) is 65.9 cm³/mol. The molecule has 0 aromatic carbocycles. The molecule has 3 nitrogen and oxygen atoms in total. The molecule has 1 unspecified atom stereocenters. The number of aryl methyl sites for hydroxylation is 1. The molecule has 16 heavy (non-hydrogen) atoms. The van der Waals surface area contributed by atoms with Crippen molar-refractivity contribution in [2.45, 2.75) is 26.0 Å². The van der Waals surface area contributed by atoms with Gasteiger partial charge >= 0.3 is 0 Å². The molecule has 0 bridgehead atoms. The Balaban J connectivity index is 2.17. The van der Waals surface area contributed by atoms with Crippen LogP contribution in [0.4, 0.5) is 0 Å². The first-order valence-corrected chi connectivity index (χ1v) is 6.41. The molecule has 1 atom stereocenters. The Morgan fingerprint density at radius 3 is 3.06 bits per heavy atom. The van der Waals surface area contributed by atoms with Gasteiger partial charge in [0.2, 0.25) is 0 Å². The van der Waals surface area contributed by atoms with Crippen molar-refractivity contribution in [2.75, 3.05) is 0 Å². The van der Waals surface area contributed by atoms with Gasteiger partial charge < -0.3 is 5.11 Å². The molecule has 2 rings (SSSR count). The molecule has 0 aliphatic heterocycles. The van der Waals surface area contributed by atoms with Crippen LogP contribution < -0.4 is 0 Å². The third kappa shape index (κ3) is 2.45. The number of halogens is 1. The van der Waals surface area contributed by atoms with Gasteiger partial charge in [-0.15, -0.1) is 11.3 Å². The summed E-state index contributed by atoms with van der Waals surface area (Å²) in [5.41, 5.74) is 0.812. The molecular formula is C11H13ClN2OS. The maximum Gasteiger partial charge on any atom is 0.116 e. The highest BCUT2D eigenvalue weighted by Gasteiger charge is 2.14. The summed E-state index contributed by atoms with van der Waals surface area (Å²) in [6.07, 6.45) is 3.99. The zero-order valence-electron chi connectivity index (χ0n) is 8.93. The summed E-state index contributed by atoms with van der Waals surface area (Å²) in [7, 11) is 0. The van der Waals surface area contributed by atoms with Crippen LogP contribution in [0.25, 0.3) is 0 Å². The highest BCUT2D eigenvalue weighted by molar-refractivity contribution is 7.10. The van der Waals surface area contributed by atoms with Crippen LogP contribution >= 0.6 is 22.9 Å². The zero-order valence-corrected chi connectivity index (χ0v) is 10.5. The summed E-state index contributed by atoms with van der Waals surface area (Å²) >= 11 is 7.28. The molecule has 0 radical (unpaired) electrons. The number of rotatable bonds is 4. The Bertz CT molecular complexity index is 466. The fourth-order valence-corrected chi connectivity index (χ4v) is 2.60. The van der Waals surface area contributed by atoms with Crippen LogP contribution in [-0.4, -0.2) is 14.9 Å². The predicted octanol–water partition coefficient (Wildman–Crippen LogP) is 3.09. The molecular weight excluding hydrogens is 244 g/mol. The van der Waals surface area contributed by atoms with E-state index in [2.05, 4.69) is 12.0 Å². The van der Waals surface area contributed by atoms with Crippen LogP contribution in [0.2, 0.25) is 5.02 Å². The van der Waals surface area contributed by atoms with Gasteiger partial charge in [-0.25, -0.2) is 0 Å². The van der Waals surface area contributed by atoms with Crippen LogP contribution in [0, 0.1) is 0 Å². The summed E-state index contributed by atoms with van der Waals surface area (Å²) in [6, 6.07) is 1.79. The normalized spacial score (nSPS) is 12.9. The molecule has 0 fully saturated rings. The second kappa shape index (κ2) is 4.99. The number of aliphatic hydroxyl groups is 1. The Labute approximate surface area is 103 Å². The van der Waals surface area contributed by atoms with E-state index in [0.717, 1.165) is 23.4 Å². The second-order valence-electron chi connectivity index (χ2n) is 3.61. The summed E-state index contributed by atoms with van der Waals surface area (Å²) in [5.74, 6) is 0. The number of nitrogens with zero attached hydrogens (tertiary/aromatic N) is 2. The van der Waals surface area contributed by atoms with Crippen LogP contribution in [0.15, 0.2) is 23.8 Å². The quantitative estimate of drug-likeness (QED) is 0.913. The lowest BCUT2D eigenvalue weighted by atomic mass is 10.2. The first kappa shape index (κ1) is 11.6. The average Bonchev–Trinajstić information content (AvgIpc) is 2.87. The minimum atomic E-state index is -0.622. The van der Waals surface area contributed by atoms with E-state index in [-0.39, 0.29) is 0 Å². The molecule has 5 heteroatoms. The van der Waals surface area contributed by atoms with Crippen molar-refractivity contribution in [3.8, 4) is 0 Å². The van der Waals surface area contributed by atoms with Gasteiger partial charge in [0, 0.05) is 28.6 Å². The summed E-state index contributed by atoms with van der Waals surface area (Å²) < 4.78 is 1.84. The van der Waals surface area contributed by atoms with Gasteiger partial charge in [0.05, 0.1) is 11.2 Å². The van der Waals surface area contributed by atoms with Gasteiger partial charge in [-0.3, -0.25) is 4.68 Å². The Kier molecular flexibility index (Phi) is 3.63. The number of aromatic nitrogens is 2. The molecule has 0 saturated carbocycles. The molecule has 2 aromatic heterocycles. The molecule has 0 spiro atoms. The van der Waals surface area contributed by atoms with Crippen molar-refractivity contribution in [3.63, 3.8) is 0 Å². The lowest BCUT2D eigenvalue weighted by Gasteiger charge is -2.04. The van der Waals surface area contributed by atoms with E-state index < -0.39 is 6.10 Å². The Morgan fingerprint density at radius 2 is 2.44 bits per heavy atom. The van der Waals surface area contributed by atoms with Crippen molar-refractivity contribution in [3.05, 3.63) is 39.3 Å². The first-order valence-electron chi connectivity index (χ1n) is 5.15. The van der Waals surface area contributed by atoms with Crippen molar-refractivity contribution in [2.24, 2.45) is 0 Å². The summed E-state index contributed by atoms with van der Waals surface area (Å²) in [6.45, 7) is 2.97. The van der Waals surface area contributed by atoms with Gasteiger partial charge in [-0.05, 0) is 12.5 Å². The van der Waals surface area contributed by atoms with Crippen molar-refractivity contribution in [1.29, 1.82) is 0 Å². The van der Waals surface area contributed by atoms with E-state index >= 15 is 0 Å². The van der Waals surface area contributed by atoms with Gasteiger partial charge in [-0.2, -0.15) is 5.10 Å². The number of thiophene rings is 1. The Hall–Kier alpha value is -0.840. The Morgan fingerprint density at radius 1 is 1.62 bits per heavy atom. The van der Waals surface area contributed by atoms with Gasteiger partial charge in [0.15, 0.2) is 0 Å². The second-order valence-corrected chi connectivity index (χ2v) is 4.99. The minimum absolute atomic E-state index is 0.622. The van der Waals surface area contributed by atoms with Crippen molar-refractivity contribution in [1.82, 2.24) is 9.78 Å². The van der Waals surface area contributed by atoms with Gasteiger partial charge in [-0.1, -0.05) is 18.5 Å². The van der Waals surface area contributed by atoms with E-state index in [9.17, 15) is 5.11 Å². The largest absolute Gasteiger partial charge is 0.383 e. The SMILES string of the molecule is CCCn1cc(C(O)c2cc(Cl)cs2)cn1. The molecule has 2 heterocycles. The molecule has 0 saturated heterocycles. The van der Waals surface area contributed by atoms with Crippen LogP contribution in [-0.2, 0) is 6.54 Å². The lowest BCUT2D eigenvalue weighted by Crippen LogP contribution is -1.97. The van der Waals surface area contributed by atoms with Crippen LogP contribution in [0.1, 0.15) is 29.9 Å². The number of hydrogen-bond donors (Lipinski definition) is 1. The fourth-order valence-electron chi connectivity index (χ4n) is 1.51. The van der Waals surface area contributed by atoms with E-state index in [1.54, 1.807) is 12.3 Å². The fraction of sp³-hybridized carbons (Fsp3) is 0.364. The summed E-state index contributed by atoms with van der Waals surface area (Å²) in [5, 5.41) is 16.8. The topological polar surface area (TPSA) is 38.0 Å². The monoisotopic (exact) mass is 256 g/mol. The lowest BCUT2D eigenvalue weighted by molar-refractivity contribution is 0.224. The highest BCUT2D eigenvalue weighted by Crippen LogP contribution is 2.29. The average molecular weight is 257 g/mol. The first-order chi connectivity index (χ1) is 7.70. The van der Waals surface area contributed by atoms with E-state index in [1.807, 2.05) is 16.3 Å². The molecule has 0 aliphatic rings. The molecule has 1 N–H and O–H groups in total. The zero-order chi connectivity index (χ0) is 11.5. The van der Waals surface area contributed by atoms with E-state index in [4.69, 9.17) is 11.6 Å². The van der Waals surface area contributed by atoms with Gasteiger partial charge in [0.25, 0.3) is 0 Å². The van der Waals surface area contributed by atoms with E-state index in [0.29, 0.717) is 5.02 Å². The molecule has 0 amide bonds. The van der Waals surface area contributed by atoms with Crippen LogP contribution in [0.5, 0.6) is 0 Å². The molecule has 86 valence electrons. The highest BCUT2D eigenvalue weighted by atomic mass is 35.5. The van der Waals surface area contributed by atoms with Crippen molar-refractivity contribution < 1.29 is 5.11 Å².